The van der Waals surface area contributed by atoms with Gasteiger partial charge in [-0.15, -0.1) is 0 Å². The summed E-state index contributed by atoms with van der Waals surface area (Å²) in [7, 11) is -2.22. The summed E-state index contributed by atoms with van der Waals surface area (Å²) in [6.07, 6.45) is 0. The van der Waals surface area contributed by atoms with E-state index < -0.39 is 20.9 Å². The summed E-state index contributed by atoms with van der Waals surface area (Å²) in [6, 6.07) is 2.00. The predicted octanol–water partition coefficient (Wildman–Crippen LogP) is 0.109. The molecule has 0 aliphatic carbocycles. The number of halogens is 1. The maximum absolute atomic E-state index is 11.9. The van der Waals surface area contributed by atoms with E-state index in [4.69, 9.17) is 17.3 Å². The number of amides is 1. The van der Waals surface area contributed by atoms with Gasteiger partial charge in [0.2, 0.25) is 10.0 Å². The van der Waals surface area contributed by atoms with Crippen LogP contribution >= 0.6 is 11.6 Å². The normalized spacial score (nSPS) is 11.1. The number of nitrogens with zero attached hydrogens (tertiary/aromatic N) is 1. The fraction of sp³-hybridized carbons (Fsp3) is 0.300. The number of anilines is 1. The number of carbonyl (C=O) groups is 1. The smallest absolute Gasteiger partial charge is 0.271 e. The number of non-ortho nitro benzene ring substituents is 1. The molecule has 1 aromatic carbocycles. The molecule has 0 heterocycles. The van der Waals surface area contributed by atoms with E-state index in [0.29, 0.717) is 0 Å². The van der Waals surface area contributed by atoms with E-state index in [1.807, 2.05) is 0 Å². The number of benzene rings is 1. The second kappa shape index (κ2) is 6.70. The van der Waals surface area contributed by atoms with Gasteiger partial charge < -0.3 is 11.1 Å². The summed E-state index contributed by atoms with van der Waals surface area (Å²) in [5.41, 5.74) is 4.90. The van der Waals surface area contributed by atoms with Crippen LogP contribution in [0.5, 0.6) is 0 Å². The quantitative estimate of drug-likeness (QED) is 0.382. The Morgan fingerprint density at radius 1 is 1.48 bits per heavy atom. The monoisotopic (exact) mass is 336 g/mol. The van der Waals surface area contributed by atoms with E-state index >= 15 is 0 Å². The molecule has 4 N–H and O–H groups in total. The Kier molecular flexibility index (Phi) is 5.47. The third-order valence-corrected chi connectivity index (χ3v) is 4.21. The second-order valence-electron chi connectivity index (χ2n) is 3.92. The van der Waals surface area contributed by atoms with Gasteiger partial charge in [0.1, 0.15) is 0 Å². The molecule has 1 amide bonds. The molecule has 9 nitrogen and oxygen atoms in total. The molecule has 0 spiro atoms. The number of nitro benzene ring substituents is 1. The maximum Gasteiger partial charge on any atom is 0.271 e. The second-order valence-corrected chi connectivity index (χ2v) is 6.38. The van der Waals surface area contributed by atoms with E-state index in [-0.39, 0.29) is 34.3 Å². The number of carbonyl (C=O) groups excluding carboxylic acids is 1. The zero-order chi connectivity index (χ0) is 16.2. The summed E-state index contributed by atoms with van der Waals surface area (Å²) < 4.78 is 24.5. The molecule has 1 rings (SSSR count). The molecule has 0 atom stereocenters. The molecule has 21 heavy (non-hydrogen) atoms. The lowest BCUT2D eigenvalue weighted by Crippen LogP contribution is -2.33. The zero-order valence-corrected chi connectivity index (χ0v) is 12.5. The number of nitrogens with two attached hydrogens (primary N) is 1. The van der Waals surface area contributed by atoms with Crippen molar-refractivity contribution in [2.75, 3.05) is 25.1 Å². The van der Waals surface area contributed by atoms with Crippen molar-refractivity contribution < 1.29 is 18.1 Å². The van der Waals surface area contributed by atoms with Crippen molar-refractivity contribution in [3.8, 4) is 0 Å². The highest BCUT2D eigenvalue weighted by molar-refractivity contribution is 7.89. The van der Waals surface area contributed by atoms with E-state index in [0.717, 1.165) is 12.1 Å². The summed E-state index contributed by atoms with van der Waals surface area (Å²) >= 11 is 5.72. The van der Waals surface area contributed by atoms with Gasteiger partial charge in [0, 0.05) is 18.7 Å². The highest BCUT2D eigenvalue weighted by Gasteiger charge is 2.19. The third-order valence-electron chi connectivity index (χ3n) is 2.54. The summed E-state index contributed by atoms with van der Waals surface area (Å²) in [4.78, 5) is 21.9. The maximum atomic E-state index is 11.9. The molecule has 0 radical (unpaired) electrons. The average Bonchev–Trinajstić information content (AvgIpc) is 2.41. The van der Waals surface area contributed by atoms with E-state index in [1.54, 1.807) is 0 Å². The molecule has 0 aliphatic heterocycles. The van der Waals surface area contributed by atoms with Crippen molar-refractivity contribution in [1.82, 2.24) is 10.0 Å². The number of rotatable bonds is 6. The lowest BCUT2D eigenvalue weighted by Gasteiger charge is -2.09. The predicted molar refractivity (Wildman–Crippen MR) is 77.7 cm³/mol. The Morgan fingerprint density at radius 2 is 2.10 bits per heavy atom. The Morgan fingerprint density at radius 3 is 2.62 bits per heavy atom. The van der Waals surface area contributed by atoms with E-state index in [1.165, 1.54) is 7.05 Å². The summed E-state index contributed by atoms with van der Waals surface area (Å²) in [5, 5.41) is 12.9. The topological polar surface area (TPSA) is 144 Å². The molecule has 0 fully saturated rings. The van der Waals surface area contributed by atoms with Crippen LogP contribution < -0.4 is 15.8 Å². The SMILES string of the molecule is CNS(=O)(=O)CCNC(=O)c1cc([N+](=O)[O-])cc(Cl)c1N. The summed E-state index contributed by atoms with van der Waals surface area (Å²) in [5.74, 6) is -1.08. The van der Waals surface area contributed by atoms with Crippen LogP contribution in [0.3, 0.4) is 0 Å². The molecule has 116 valence electrons. The molecule has 0 bridgehead atoms. The number of hydrogen-bond donors (Lipinski definition) is 3. The van der Waals surface area contributed by atoms with Crippen molar-refractivity contribution in [3.63, 3.8) is 0 Å². The standard InChI is InChI=1S/C10H13ClN4O5S/c1-13-21(19,20)3-2-14-10(16)7-4-6(15(17)18)5-8(11)9(7)12/h4-5,13H,2-3,12H2,1H3,(H,14,16). The van der Waals surface area contributed by atoms with Crippen LogP contribution in [0.15, 0.2) is 12.1 Å². The molecule has 11 heteroatoms. The first kappa shape index (κ1) is 17.1. The Bertz CT molecular complexity index is 676. The zero-order valence-electron chi connectivity index (χ0n) is 10.9. The van der Waals surface area contributed by atoms with Gasteiger partial charge in [-0.05, 0) is 7.05 Å². The molecular formula is C10H13ClN4O5S. The fourth-order valence-corrected chi connectivity index (χ4v) is 2.18. The highest BCUT2D eigenvalue weighted by Crippen LogP contribution is 2.28. The first-order valence-corrected chi connectivity index (χ1v) is 7.64. The van der Waals surface area contributed by atoms with Crippen molar-refractivity contribution in [3.05, 3.63) is 32.8 Å². The first-order valence-electron chi connectivity index (χ1n) is 5.60. The minimum absolute atomic E-state index is 0.115. The molecule has 0 saturated heterocycles. The summed E-state index contributed by atoms with van der Waals surface area (Å²) in [6.45, 7) is -0.179. The Balaban J connectivity index is 2.90. The van der Waals surface area contributed by atoms with Gasteiger partial charge in [0.25, 0.3) is 11.6 Å². The average molecular weight is 337 g/mol. The lowest BCUT2D eigenvalue weighted by atomic mass is 10.1. The van der Waals surface area contributed by atoms with E-state index in [9.17, 15) is 23.3 Å². The molecule has 0 saturated carbocycles. The van der Waals surface area contributed by atoms with Crippen LogP contribution in [-0.4, -0.2) is 38.6 Å². The number of hydrogen-bond acceptors (Lipinski definition) is 6. The third kappa shape index (κ3) is 4.55. The molecular weight excluding hydrogens is 324 g/mol. The van der Waals surface area contributed by atoms with Crippen LogP contribution in [0.4, 0.5) is 11.4 Å². The van der Waals surface area contributed by atoms with Crippen LogP contribution in [0, 0.1) is 10.1 Å². The van der Waals surface area contributed by atoms with Crippen molar-refractivity contribution in [2.45, 2.75) is 0 Å². The van der Waals surface area contributed by atoms with Gasteiger partial charge >= 0.3 is 0 Å². The first-order chi connectivity index (χ1) is 9.68. The molecule has 1 aromatic rings. The van der Waals surface area contributed by atoms with Crippen LogP contribution in [0.25, 0.3) is 0 Å². The van der Waals surface area contributed by atoms with E-state index in [2.05, 4.69) is 10.0 Å². The van der Waals surface area contributed by atoms with Gasteiger partial charge in [-0.25, -0.2) is 13.1 Å². The van der Waals surface area contributed by atoms with Gasteiger partial charge in [0.05, 0.1) is 26.9 Å². The lowest BCUT2D eigenvalue weighted by molar-refractivity contribution is -0.384. The number of nitro groups is 1. The minimum Gasteiger partial charge on any atom is -0.397 e. The van der Waals surface area contributed by atoms with Gasteiger partial charge in [-0.2, -0.15) is 0 Å². The number of nitrogens with one attached hydrogen (secondary N) is 2. The molecule has 0 unspecified atom stereocenters. The van der Waals surface area contributed by atoms with Crippen LogP contribution in [-0.2, 0) is 10.0 Å². The van der Waals surface area contributed by atoms with Gasteiger partial charge in [-0.3, -0.25) is 14.9 Å². The Hall–Kier alpha value is -1.91. The molecule has 0 aliphatic rings. The van der Waals surface area contributed by atoms with Crippen molar-refractivity contribution in [2.24, 2.45) is 0 Å². The van der Waals surface area contributed by atoms with Crippen molar-refractivity contribution >= 4 is 38.9 Å². The van der Waals surface area contributed by atoms with Gasteiger partial charge in [-0.1, -0.05) is 11.6 Å². The minimum atomic E-state index is -3.47. The Labute approximate surface area is 125 Å². The van der Waals surface area contributed by atoms with Crippen molar-refractivity contribution in [1.29, 1.82) is 0 Å². The van der Waals surface area contributed by atoms with Crippen LogP contribution in [0.1, 0.15) is 10.4 Å². The largest absolute Gasteiger partial charge is 0.397 e. The highest BCUT2D eigenvalue weighted by atomic mass is 35.5. The molecule has 0 aromatic heterocycles. The van der Waals surface area contributed by atoms with Gasteiger partial charge in [0.15, 0.2) is 0 Å². The fourth-order valence-electron chi connectivity index (χ4n) is 1.39. The number of nitrogen functional groups attached to an aromatic ring is 1. The van der Waals surface area contributed by atoms with Crippen LogP contribution in [0.2, 0.25) is 5.02 Å². The number of sulfonamides is 1.